The molecular weight excluding hydrogens is 274 g/mol. The lowest BCUT2D eigenvalue weighted by Gasteiger charge is -2.07. The number of nitrogens with one attached hydrogen (secondary N) is 1. The first-order valence-corrected chi connectivity index (χ1v) is 4.98. The first kappa shape index (κ1) is 13.4. The third-order valence-corrected chi connectivity index (χ3v) is 2.37. The molecule has 8 heteroatoms. The smallest absolute Gasteiger partial charge is 0.273 e. The Hall–Kier alpha value is -1.99. The summed E-state index contributed by atoms with van der Waals surface area (Å²) in [5, 5.41) is 5.11. The second kappa shape index (κ2) is 4.29. The minimum Gasteiger partial charge on any atom is -0.273 e. The predicted octanol–water partition coefficient (Wildman–Crippen LogP) is 4.11. The van der Waals surface area contributed by atoms with Crippen molar-refractivity contribution in [3.63, 3.8) is 0 Å². The van der Waals surface area contributed by atoms with Crippen LogP contribution in [0.15, 0.2) is 30.3 Å². The number of aromatic nitrogens is 2. The first-order chi connectivity index (χ1) is 8.68. The minimum atomic E-state index is -4.62. The van der Waals surface area contributed by atoms with Gasteiger partial charge in [-0.05, 0) is 18.2 Å². The molecule has 1 aromatic heterocycles. The Kier molecular flexibility index (Phi) is 3.03. The summed E-state index contributed by atoms with van der Waals surface area (Å²) in [4.78, 5) is 0. The first-order valence-electron chi connectivity index (χ1n) is 4.98. The second-order valence-electron chi connectivity index (χ2n) is 3.74. The Balaban J connectivity index is 2.40. The lowest BCUT2D eigenvalue weighted by Crippen LogP contribution is -2.04. The number of H-pyrrole nitrogens is 1. The van der Waals surface area contributed by atoms with Gasteiger partial charge in [0.25, 0.3) is 0 Å². The average molecular weight is 280 g/mol. The van der Waals surface area contributed by atoms with Crippen LogP contribution in [0.1, 0.15) is 11.3 Å². The summed E-state index contributed by atoms with van der Waals surface area (Å²) in [5.41, 5.74) is -2.29. The molecule has 0 aliphatic rings. The maximum Gasteiger partial charge on any atom is 0.432 e. The van der Waals surface area contributed by atoms with Gasteiger partial charge < -0.3 is 0 Å². The summed E-state index contributed by atoms with van der Waals surface area (Å²) in [7, 11) is 0. The molecule has 0 atom stereocenters. The summed E-state index contributed by atoms with van der Waals surface area (Å²) in [6.07, 6.45) is -9.17. The molecule has 0 saturated carbocycles. The molecule has 0 fully saturated rings. The highest BCUT2D eigenvalue weighted by molar-refractivity contribution is 5.60. The average Bonchev–Trinajstić information content (AvgIpc) is 2.77. The maximum atomic E-state index is 12.5. The van der Waals surface area contributed by atoms with E-state index in [-0.39, 0.29) is 11.3 Å². The van der Waals surface area contributed by atoms with E-state index in [9.17, 15) is 26.3 Å². The molecule has 2 rings (SSSR count). The summed E-state index contributed by atoms with van der Waals surface area (Å²) < 4.78 is 74.4. The van der Waals surface area contributed by atoms with E-state index in [1.165, 1.54) is 6.07 Å². The van der Waals surface area contributed by atoms with Crippen LogP contribution in [0.3, 0.4) is 0 Å². The van der Waals surface area contributed by atoms with Crippen molar-refractivity contribution in [2.75, 3.05) is 0 Å². The van der Waals surface area contributed by atoms with Crippen molar-refractivity contribution in [2.24, 2.45) is 0 Å². The monoisotopic (exact) mass is 280 g/mol. The molecule has 0 aliphatic heterocycles. The van der Waals surface area contributed by atoms with Gasteiger partial charge in [0.1, 0.15) is 5.69 Å². The fourth-order valence-corrected chi connectivity index (χ4v) is 1.47. The topological polar surface area (TPSA) is 28.7 Å². The van der Waals surface area contributed by atoms with Crippen molar-refractivity contribution in [2.45, 2.75) is 12.4 Å². The zero-order valence-electron chi connectivity index (χ0n) is 9.10. The molecule has 1 aromatic carbocycles. The van der Waals surface area contributed by atoms with Crippen molar-refractivity contribution >= 4 is 0 Å². The SMILES string of the molecule is FC(F)(F)c1cccc(-c2cc(C(F)(F)F)[nH]n2)c1. The van der Waals surface area contributed by atoms with Crippen molar-refractivity contribution in [3.8, 4) is 11.3 Å². The summed E-state index contributed by atoms with van der Waals surface area (Å²) in [6.45, 7) is 0. The number of rotatable bonds is 1. The number of hydrogen-bond donors (Lipinski definition) is 1. The lowest BCUT2D eigenvalue weighted by molar-refractivity contribution is -0.141. The van der Waals surface area contributed by atoms with E-state index in [2.05, 4.69) is 5.10 Å². The van der Waals surface area contributed by atoms with Crippen molar-refractivity contribution < 1.29 is 26.3 Å². The number of alkyl halides is 6. The Morgan fingerprint density at radius 3 is 2.11 bits per heavy atom. The molecule has 0 radical (unpaired) electrons. The van der Waals surface area contributed by atoms with Crippen LogP contribution in [-0.2, 0) is 12.4 Å². The molecule has 2 aromatic rings. The van der Waals surface area contributed by atoms with Crippen LogP contribution >= 0.6 is 0 Å². The molecule has 19 heavy (non-hydrogen) atoms. The fourth-order valence-electron chi connectivity index (χ4n) is 1.47. The van der Waals surface area contributed by atoms with E-state index in [1.54, 1.807) is 5.10 Å². The minimum absolute atomic E-state index is 0.0402. The van der Waals surface area contributed by atoms with Crippen molar-refractivity contribution in [1.82, 2.24) is 10.2 Å². The van der Waals surface area contributed by atoms with Crippen LogP contribution in [0.5, 0.6) is 0 Å². The Morgan fingerprint density at radius 1 is 0.895 bits per heavy atom. The highest BCUT2D eigenvalue weighted by Crippen LogP contribution is 2.33. The van der Waals surface area contributed by atoms with Gasteiger partial charge in [-0.25, -0.2) is 0 Å². The molecule has 102 valence electrons. The zero-order chi connectivity index (χ0) is 14.3. The second-order valence-corrected chi connectivity index (χ2v) is 3.74. The third-order valence-electron chi connectivity index (χ3n) is 2.37. The van der Waals surface area contributed by atoms with E-state index >= 15 is 0 Å². The summed E-state index contributed by atoms with van der Waals surface area (Å²) >= 11 is 0. The summed E-state index contributed by atoms with van der Waals surface area (Å²) in [5.74, 6) is 0. The molecule has 1 heterocycles. The Morgan fingerprint density at radius 2 is 1.58 bits per heavy atom. The summed E-state index contributed by atoms with van der Waals surface area (Å²) in [6, 6.07) is 4.61. The van der Waals surface area contributed by atoms with Gasteiger partial charge >= 0.3 is 12.4 Å². The van der Waals surface area contributed by atoms with Crippen LogP contribution in [0.25, 0.3) is 11.3 Å². The van der Waals surface area contributed by atoms with Gasteiger partial charge in [-0.1, -0.05) is 12.1 Å². The molecular formula is C11H6F6N2. The van der Waals surface area contributed by atoms with E-state index < -0.39 is 23.6 Å². The van der Waals surface area contributed by atoms with E-state index in [4.69, 9.17) is 0 Å². The molecule has 0 unspecified atom stereocenters. The third kappa shape index (κ3) is 2.88. The van der Waals surface area contributed by atoms with E-state index in [0.29, 0.717) is 6.07 Å². The van der Waals surface area contributed by atoms with Crippen molar-refractivity contribution in [3.05, 3.63) is 41.6 Å². The van der Waals surface area contributed by atoms with E-state index in [0.717, 1.165) is 18.2 Å². The standard InChI is InChI=1S/C11H6F6N2/c12-10(13,14)7-3-1-2-6(4-7)8-5-9(19-18-8)11(15,16)17/h1-5H,(H,18,19). The van der Waals surface area contributed by atoms with Gasteiger partial charge in [-0.3, -0.25) is 5.10 Å². The quantitative estimate of drug-likeness (QED) is 0.782. The number of aromatic amines is 1. The van der Waals surface area contributed by atoms with Crippen LogP contribution in [0.2, 0.25) is 0 Å². The van der Waals surface area contributed by atoms with E-state index in [1.807, 2.05) is 0 Å². The van der Waals surface area contributed by atoms with Gasteiger partial charge in [0.15, 0.2) is 0 Å². The molecule has 0 bridgehead atoms. The number of halogens is 6. The van der Waals surface area contributed by atoms with Crippen LogP contribution < -0.4 is 0 Å². The number of nitrogens with zero attached hydrogens (tertiary/aromatic N) is 1. The highest BCUT2D eigenvalue weighted by Gasteiger charge is 2.34. The Bertz CT molecular complexity index is 581. The molecule has 1 N–H and O–H groups in total. The largest absolute Gasteiger partial charge is 0.432 e. The van der Waals surface area contributed by atoms with Gasteiger partial charge in [0.05, 0.1) is 11.3 Å². The number of hydrogen-bond acceptors (Lipinski definition) is 1. The maximum absolute atomic E-state index is 12.5. The zero-order valence-corrected chi connectivity index (χ0v) is 9.10. The van der Waals surface area contributed by atoms with Crippen LogP contribution in [0.4, 0.5) is 26.3 Å². The molecule has 0 saturated heterocycles. The number of benzene rings is 1. The molecule has 0 amide bonds. The van der Waals surface area contributed by atoms with Gasteiger partial charge in [0, 0.05) is 5.56 Å². The lowest BCUT2D eigenvalue weighted by atomic mass is 10.1. The molecule has 0 aliphatic carbocycles. The normalized spacial score (nSPS) is 12.7. The molecule has 0 spiro atoms. The van der Waals surface area contributed by atoms with Crippen molar-refractivity contribution in [1.29, 1.82) is 0 Å². The molecule has 2 nitrogen and oxygen atoms in total. The van der Waals surface area contributed by atoms with Gasteiger partial charge in [0.2, 0.25) is 0 Å². The van der Waals surface area contributed by atoms with Gasteiger partial charge in [-0.15, -0.1) is 0 Å². The highest BCUT2D eigenvalue weighted by atomic mass is 19.4. The predicted molar refractivity (Wildman–Crippen MR) is 54.0 cm³/mol. The van der Waals surface area contributed by atoms with Crippen LogP contribution in [-0.4, -0.2) is 10.2 Å². The van der Waals surface area contributed by atoms with Gasteiger partial charge in [-0.2, -0.15) is 31.4 Å². The van der Waals surface area contributed by atoms with Crippen LogP contribution in [0, 0.1) is 0 Å². The Labute approximate surface area is 103 Å². The fraction of sp³-hybridized carbons (Fsp3) is 0.182.